The van der Waals surface area contributed by atoms with Crippen molar-refractivity contribution in [2.75, 3.05) is 25.1 Å². The van der Waals surface area contributed by atoms with Gasteiger partial charge in [-0.1, -0.05) is 18.2 Å². The molecule has 3 N–H and O–H groups in total. The second-order valence-corrected chi connectivity index (χ2v) is 4.97. The Balaban J connectivity index is 1.86. The van der Waals surface area contributed by atoms with Gasteiger partial charge in [-0.25, -0.2) is 0 Å². The molecule has 0 saturated heterocycles. The van der Waals surface area contributed by atoms with Crippen LogP contribution in [0, 0.1) is 0 Å². The number of ether oxygens (including phenoxy) is 2. The van der Waals surface area contributed by atoms with Gasteiger partial charge in [-0.05, 0) is 30.3 Å². The van der Waals surface area contributed by atoms with Crippen molar-refractivity contribution in [2.45, 2.75) is 0 Å². The van der Waals surface area contributed by atoms with Gasteiger partial charge in [0.15, 0.2) is 17.3 Å². The summed E-state index contributed by atoms with van der Waals surface area (Å²) in [6.07, 6.45) is 0. The van der Waals surface area contributed by atoms with Crippen LogP contribution in [0.25, 0.3) is 11.4 Å². The Hall–Kier alpha value is -3.55. The van der Waals surface area contributed by atoms with Crippen LogP contribution in [0.15, 0.2) is 48.5 Å². The first-order valence-corrected chi connectivity index (χ1v) is 7.44. The summed E-state index contributed by atoms with van der Waals surface area (Å²) in [5.41, 5.74) is 7.26. The number of anilines is 2. The van der Waals surface area contributed by atoms with E-state index in [9.17, 15) is 5.11 Å². The van der Waals surface area contributed by atoms with Gasteiger partial charge in [0.25, 0.3) is 0 Å². The Kier molecular flexibility index (Phi) is 4.79. The lowest BCUT2D eigenvalue weighted by molar-refractivity contribution is 0.355. The van der Waals surface area contributed by atoms with Gasteiger partial charge in [-0.2, -0.15) is 15.0 Å². The molecule has 0 aliphatic rings. The molecule has 0 bridgehead atoms. The number of rotatable bonds is 6. The number of aromatic nitrogens is 3. The van der Waals surface area contributed by atoms with Crippen LogP contribution >= 0.6 is 0 Å². The number of hydrazine groups is 1. The predicted molar refractivity (Wildman–Crippen MR) is 93.7 cm³/mol. The minimum absolute atomic E-state index is 0.182. The number of aromatic hydroxyl groups is 1. The van der Waals surface area contributed by atoms with E-state index < -0.39 is 6.01 Å². The summed E-state index contributed by atoms with van der Waals surface area (Å²) in [7, 11) is 3.10. The number of para-hydroxylation sites is 1. The lowest BCUT2D eigenvalue weighted by Crippen LogP contribution is -2.12. The number of hydrogen-bond acceptors (Lipinski definition) is 8. The molecule has 0 radical (unpaired) electrons. The molecule has 3 rings (SSSR count). The molecule has 3 aromatic rings. The highest BCUT2D eigenvalue weighted by molar-refractivity contribution is 5.62. The van der Waals surface area contributed by atoms with E-state index in [0.29, 0.717) is 22.9 Å². The first-order valence-electron chi connectivity index (χ1n) is 7.44. The molecule has 8 heteroatoms. The first kappa shape index (κ1) is 16.3. The third kappa shape index (κ3) is 3.86. The van der Waals surface area contributed by atoms with Gasteiger partial charge in [-0.15, -0.1) is 0 Å². The zero-order chi connectivity index (χ0) is 17.6. The molecular formula is C17H17N5O3. The molecule has 128 valence electrons. The third-order valence-corrected chi connectivity index (χ3v) is 3.36. The Labute approximate surface area is 144 Å². The summed E-state index contributed by atoms with van der Waals surface area (Å²) in [5, 5.41) is 9.79. The van der Waals surface area contributed by atoms with Gasteiger partial charge in [0.05, 0.1) is 19.9 Å². The zero-order valence-electron chi connectivity index (χ0n) is 13.7. The first-order chi connectivity index (χ1) is 12.2. The van der Waals surface area contributed by atoms with Crippen LogP contribution in [0.3, 0.4) is 0 Å². The van der Waals surface area contributed by atoms with Crippen molar-refractivity contribution < 1.29 is 14.6 Å². The number of methoxy groups -OCH3 is 2. The molecule has 2 aromatic carbocycles. The zero-order valence-corrected chi connectivity index (χ0v) is 13.7. The topological polar surface area (TPSA) is 101 Å². The van der Waals surface area contributed by atoms with Crippen LogP contribution in [0.1, 0.15) is 0 Å². The fraction of sp³-hybridized carbons (Fsp3) is 0.118. The number of benzene rings is 2. The van der Waals surface area contributed by atoms with Crippen LogP contribution < -0.4 is 20.3 Å². The minimum atomic E-state index is -0.392. The largest absolute Gasteiger partial charge is 0.493 e. The molecule has 0 atom stereocenters. The highest BCUT2D eigenvalue weighted by atomic mass is 16.5. The van der Waals surface area contributed by atoms with Crippen LogP contribution in [0.4, 0.5) is 11.6 Å². The molecule has 0 amide bonds. The van der Waals surface area contributed by atoms with Gasteiger partial charge in [0.1, 0.15) is 0 Å². The monoisotopic (exact) mass is 339 g/mol. The molecule has 1 heterocycles. The molecule has 8 nitrogen and oxygen atoms in total. The second-order valence-electron chi connectivity index (χ2n) is 4.97. The lowest BCUT2D eigenvalue weighted by Gasteiger charge is -2.11. The molecule has 25 heavy (non-hydrogen) atoms. The molecule has 0 aliphatic carbocycles. The highest BCUT2D eigenvalue weighted by Gasteiger charge is 2.11. The summed E-state index contributed by atoms with van der Waals surface area (Å²) in [4.78, 5) is 12.1. The maximum atomic E-state index is 9.79. The van der Waals surface area contributed by atoms with Crippen molar-refractivity contribution in [2.24, 2.45) is 0 Å². The molecule has 0 aliphatic heterocycles. The summed E-state index contributed by atoms with van der Waals surface area (Å²) in [6, 6.07) is 14.3. The van der Waals surface area contributed by atoms with Crippen LogP contribution in [-0.4, -0.2) is 34.3 Å². The van der Waals surface area contributed by atoms with Gasteiger partial charge in [-0.3, -0.25) is 10.9 Å². The van der Waals surface area contributed by atoms with Crippen LogP contribution in [0.5, 0.6) is 17.5 Å². The smallest absolute Gasteiger partial charge is 0.319 e. The van der Waals surface area contributed by atoms with E-state index in [1.165, 1.54) is 0 Å². The quantitative estimate of drug-likeness (QED) is 0.589. The van der Waals surface area contributed by atoms with Crippen molar-refractivity contribution in [3.8, 4) is 28.9 Å². The average Bonchev–Trinajstić information content (AvgIpc) is 2.66. The molecule has 0 saturated carbocycles. The average molecular weight is 339 g/mol. The standard InChI is InChI=1S/C17H17N5O3/c1-24-13-9-8-11(10-14(13)25-2)15-18-16(20-17(23)19-15)22-21-12-6-4-3-5-7-12/h3-10,21H,1-2H3,(H2,18,19,20,22,23). The Morgan fingerprint density at radius 3 is 2.32 bits per heavy atom. The SMILES string of the molecule is COc1ccc(-c2nc(O)nc(NNc3ccccc3)n2)cc1OC. The fourth-order valence-electron chi connectivity index (χ4n) is 2.17. The summed E-state index contributed by atoms with van der Waals surface area (Å²) in [6.45, 7) is 0. The lowest BCUT2D eigenvalue weighted by atomic mass is 10.2. The maximum absolute atomic E-state index is 9.79. The summed E-state index contributed by atoms with van der Waals surface area (Å²) < 4.78 is 10.5. The normalized spacial score (nSPS) is 10.2. The number of nitrogens with one attached hydrogen (secondary N) is 2. The van der Waals surface area contributed by atoms with E-state index in [4.69, 9.17) is 9.47 Å². The van der Waals surface area contributed by atoms with Crippen molar-refractivity contribution in [3.63, 3.8) is 0 Å². The molecule has 0 spiro atoms. The van der Waals surface area contributed by atoms with Gasteiger partial charge in [0.2, 0.25) is 5.95 Å². The van der Waals surface area contributed by atoms with E-state index >= 15 is 0 Å². The van der Waals surface area contributed by atoms with Crippen molar-refractivity contribution >= 4 is 11.6 Å². The summed E-state index contributed by atoms with van der Waals surface area (Å²) >= 11 is 0. The molecular weight excluding hydrogens is 322 g/mol. The Morgan fingerprint density at radius 2 is 1.60 bits per heavy atom. The Morgan fingerprint density at radius 1 is 0.840 bits per heavy atom. The van der Waals surface area contributed by atoms with E-state index in [1.54, 1.807) is 32.4 Å². The van der Waals surface area contributed by atoms with Crippen LogP contribution in [-0.2, 0) is 0 Å². The third-order valence-electron chi connectivity index (χ3n) is 3.36. The van der Waals surface area contributed by atoms with Gasteiger partial charge < -0.3 is 14.6 Å². The fourth-order valence-corrected chi connectivity index (χ4v) is 2.17. The Bertz CT molecular complexity index is 858. The van der Waals surface area contributed by atoms with Crippen molar-refractivity contribution in [1.29, 1.82) is 0 Å². The number of hydrogen-bond donors (Lipinski definition) is 3. The molecule has 0 fully saturated rings. The maximum Gasteiger partial charge on any atom is 0.319 e. The van der Waals surface area contributed by atoms with Crippen molar-refractivity contribution in [1.82, 2.24) is 15.0 Å². The van der Waals surface area contributed by atoms with Gasteiger partial charge >= 0.3 is 6.01 Å². The van der Waals surface area contributed by atoms with E-state index in [-0.39, 0.29) is 5.95 Å². The molecule has 0 unspecified atom stereocenters. The van der Waals surface area contributed by atoms with E-state index in [1.807, 2.05) is 30.3 Å². The predicted octanol–water partition coefficient (Wildman–Crippen LogP) is 2.70. The van der Waals surface area contributed by atoms with E-state index in [0.717, 1.165) is 5.69 Å². The second kappa shape index (κ2) is 7.35. The minimum Gasteiger partial charge on any atom is -0.493 e. The van der Waals surface area contributed by atoms with E-state index in [2.05, 4.69) is 25.8 Å². The molecule has 1 aromatic heterocycles. The van der Waals surface area contributed by atoms with Gasteiger partial charge in [0, 0.05) is 5.56 Å². The number of nitrogens with zero attached hydrogens (tertiary/aromatic N) is 3. The van der Waals surface area contributed by atoms with Crippen molar-refractivity contribution in [3.05, 3.63) is 48.5 Å². The van der Waals surface area contributed by atoms with Crippen LogP contribution in [0.2, 0.25) is 0 Å². The highest BCUT2D eigenvalue weighted by Crippen LogP contribution is 2.31. The summed E-state index contributed by atoms with van der Waals surface area (Å²) in [5.74, 6) is 1.61.